The van der Waals surface area contributed by atoms with Crippen LogP contribution < -0.4 is 5.06 Å². The zero-order valence-corrected chi connectivity index (χ0v) is 13.8. The van der Waals surface area contributed by atoms with Gasteiger partial charge in [0, 0.05) is 12.8 Å². The number of rotatable bonds is 1. The molecule has 0 N–H and O–H groups in total. The van der Waals surface area contributed by atoms with E-state index in [1.165, 1.54) is 12.1 Å². The third-order valence-electron chi connectivity index (χ3n) is 5.31. The summed E-state index contributed by atoms with van der Waals surface area (Å²) in [6.07, 6.45) is -3.13. The van der Waals surface area contributed by atoms with Gasteiger partial charge in [-0.15, -0.1) is 0 Å². The van der Waals surface area contributed by atoms with Crippen LogP contribution in [0.5, 0.6) is 0 Å². The molecular weight excluding hydrogens is 339 g/mol. The van der Waals surface area contributed by atoms with Crippen LogP contribution in [0.4, 0.5) is 18.9 Å². The number of fused-ring (bicyclic) bond motifs is 5. The minimum absolute atomic E-state index is 0.00378. The van der Waals surface area contributed by atoms with Gasteiger partial charge in [0.1, 0.15) is 0 Å². The molecule has 0 radical (unpaired) electrons. The topological polar surface area (TPSA) is 12.5 Å². The lowest BCUT2D eigenvalue weighted by molar-refractivity contribution is -0.137. The summed E-state index contributed by atoms with van der Waals surface area (Å²) < 4.78 is 39.1. The van der Waals surface area contributed by atoms with E-state index in [0.717, 1.165) is 34.5 Å². The summed E-state index contributed by atoms with van der Waals surface area (Å²) >= 11 is 0. The molecule has 2 atom stereocenters. The Kier molecular flexibility index (Phi) is 3.31. The Morgan fingerprint density at radius 1 is 0.962 bits per heavy atom. The van der Waals surface area contributed by atoms with Crippen molar-refractivity contribution in [3.8, 4) is 0 Å². The van der Waals surface area contributed by atoms with Gasteiger partial charge in [0.15, 0.2) is 0 Å². The molecule has 26 heavy (non-hydrogen) atoms. The Balaban J connectivity index is 1.60. The molecule has 2 aliphatic rings. The molecule has 2 bridgehead atoms. The molecule has 1 saturated heterocycles. The van der Waals surface area contributed by atoms with Crippen LogP contribution in [0.1, 0.15) is 29.2 Å². The fraction of sp³-hybridized carbons (Fsp3) is 0.238. The lowest BCUT2D eigenvalue weighted by Crippen LogP contribution is -2.28. The highest BCUT2D eigenvalue weighted by molar-refractivity contribution is 5.86. The zero-order valence-electron chi connectivity index (χ0n) is 13.8. The quantitative estimate of drug-likeness (QED) is 0.558. The van der Waals surface area contributed by atoms with Gasteiger partial charge in [-0.1, -0.05) is 42.5 Å². The summed E-state index contributed by atoms with van der Waals surface area (Å²) in [5.74, 6) is 0. The molecule has 1 fully saturated rings. The highest BCUT2D eigenvalue weighted by Gasteiger charge is 2.41. The Morgan fingerprint density at radius 2 is 1.77 bits per heavy atom. The fourth-order valence-corrected chi connectivity index (χ4v) is 4.15. The van der Waals surface area contributed by atoms with Gasteiger partial charge in [-0.05, 0) is 40.1 Å². The Labute approximate surface area is 148 Å². The number of hydroxylamine groups is 1. The van der Waals surface area contributed by atoms with Crippen LogP contribution >= 0.6 is 0 Å². The Bertz CT molecular complexity index is 993. The van der Waals surface area contributed by atoms with E-state index in [1.807, 2.05) is 23.3 Å². The first-order chi connectivity index (χ1) is 12.5. The average Bonchev–Trinajstić information content (AvgIpc) is 2.97. The van der Waals surface area contributed by atoms with Crippen molar-refractivity contribution in [2.24, 2.45) is 0 Å². The number of alkyl halides is 3. The standard InChI is InChI=1S/C21H16F3NO/c22-21(23,24)15-8-9-19-14(10-15)11-16-12-20(25(19)26-16)18-7-3-5-13-4-1-2-6-17(13)18/h1-10,16,20H,11-12H2/t16-,20-/m0/s1. The van der Waals surface area contributed by atoms with Gasteiger partial charge < -0.3 is 0 Å². The minimum Gasteiger partial charge on any atom is -0.269 e. The second-order valence-electron chi connectivity index (χ2n) is 6.92. The van der Waals surface area contributed by atoms with E-state index >= 15 is 0 Å². The second-order valence-corrected chi connectivity index (χ2v) is 6.92. The van der Waals surface area contributed by atoms with Gasteiger partial charge in [-0.3, -0.25) is 4.84 Å². The van der Waals surface area contributed by atoms with Crippen LogP contribution in [0.25, 0.3) is 10.8 Å². The van der Waals surface area contributed by atoms with Crippen LogP contribution in [-0.2, 0) is 17.4 Å². The molecule has 2 heterocycles. The van der Waals surface area contributed by atoms with Crippen LogP contribution in [0.15, 0.2) is 60.7 Å². The highest BCUT2D eigenvalue weighted by Crippen LogP contribution is 2.47. The molecule has 0 amide bonds. The van der Waals surface area contributed by atoms with Crippen molar-refractivity contribution in [3.63, 3.8) is 0 Å². The SMILES string of the molecule is FC(F)(F)c1ccc2c(c1)C[C@H]1C[C@@H](c3cccc4ccccc34)N2O1. The maximum Gasteiger partial charge on any atom is 0.416 e. The molecule has 0 saturated carbocycles. The first-order valence-corrected chi connectivity index (χ1v) is 8.64. The van der Waals surface area contributed by atoms with Gasteiger partial charge in [0.05, 0.1) is 23.4 Å². The first kappa shape index (κ1) is 15.7. The van der Waals surface area contributed by atoms with Crippen molar-refractivity contribution in [1.29, 1.82) is 0 Å². The number of nitrogens with zero attached hydrogens (tertiary/aromatic N) is 1. The maximum atomic E-state index is 13.0. The summed E-state index contributed by atoms with van der Waals surface area (Å²) in [4.78, 5) is 6.02. The summed E-state index contributed by atoms with van der Waals surface area (Å²) in [5, 5.41) is 4.12. The summed E-state index contributed by atoms with van der Waals surface area (Å²) in [7, 11) is 0. The number of anilines is 1. The normalized spacial score (nSPS) is 21.9. The van der Waals surface area contributed by atoms with Crippen molar-refractivity contribution in [2.75, 3.05) is 5.06 Å². The zero-order chi connectivity index (χ0) is 17.9. The van der Waals surface area contributed by atoms with Crippen molar-refractivity contribution in [2.45, 2.75) is 31.2 Å². The smallest absolute Gasteiger partial charge is 0.269 e. The lowest BCUT2D eigenvalue weighted by Gasteiger charge is -2.31. The molecule has 3 aromatic carbocycles. The molecular formula is C21H16F3NO. The third-order valence-corrected chi connectivity index (χ3v) is 5.31. The van der Waals surface area contributed by atoms with Gasteiger partial charge in [-0.25, -0.2) is 5.06 Å². The molecule has 0 unspecified atom stereocenters. The van der Waals surface area contributed by atoms with Crippen LogP contribution in [-0.4, -0.2) is 6.10 Å². The van der Waals surface area contributed by atoms with Gasteiger partial charge in [0.25, 0.3) is 0 Å². The van der Waals surface area contributed by atoms with Crippen molar-refractivity contribution >= 4 is 16.5 Å². The summed E-state index contributed by atoms with van der Waals surface area (Å²) in [6.45, 7) is 0. The molecule has 2 nitrogen and oxygen atoms in total. The molecule has 5 rings (SSSR count). The molecule has 0 spiro atoms. The number of benzene rings is 3. The molecule has 5 heteroatoms. The van der Waals surface area contributed by atoms with Crippen LogP contribution in [0.2, 0.25) is 0 Å². The minimum atomic E-state index is -4.32. The lowest BCUT2D eigenvalue weighted by atomic mass is 9.95. The van der Waals surface area contributed by atoms with E-state index in [-0.39, 0.29) is 12.1 Å². The summed E-state index contributed by atoms with van der Waals surface area (Å²) in [5.41, 5.74) is 2.00. The Hall–Kier alpha value is -2.53. The van der Waals surface area contributed by atoms with E-state index in [1.54, 1.807) is 0 Å². The fourth-order valence-electron chi connectivity index (χ4n) is 4.15. The van der Waals surface area contributed by atoms with E-state index in [9.17, 15) is 13.2 Å². The molecule has 3 aromatic rings. The largest absolute Gasteiger partial charge is 0.416 e. The maximum absolute atomic E-state index is 13.0. The predicted octanol–water partition coefficient (Wildman–Crippen LogP) is 5.67. The van der Waals surface area contributed by atoms with Crippen LogP contribution in [0, 0.1) is 0 Å². The van der Waals surface area contributed by atoms with Crippen molar-refractivity contribution in [1.82, 2.24) is 0 Å². The van der Waals surface area contributed by atoms with E-state index in [2.05, 4.69) is 24.3 Å². The molecule has 0 aliphatic carbocycles. The molecule has 132 valence electrons. The highest BCUT2D eigenvalue weighted by atomic mass is 19.4. The van der Waals surface area contributed by atoms with E-state index in [0.29, 0.717) is 12.0 Å². The number of halogens is 3. The van der Waals surface area contributed by atoms with Gasteiger partial charge >= 0.3 is 6.18 Å². The van der Waals surface area contributed by atoms with Crippen LogP contribution in [0.3, 0.4) is 0 Å². The average molecular weight is 355 g/mol. The second kappa shape index (κ2) is 5.48. The predicted molar refractivity (Wildman–Crippen MR) is 93.8 cm³/mol. The molecule has 0 aromatic heterocycles. The number of hydrogen-bond donors (Lipinski definition) is 0. The van der Waals surface area contributed by atoms with E-state index in [4.69, 9.17) is 4.84 Å². The van der Waals surface area contributed by atoms with Gasteiger partial charge in [-0.2, -0.15) is 13.2 Å². The third kappa shape index (κ3) is 2.38. The number of hydrogen-bond acceptors (Lipinski definition) is 2. The summed E-state index contributed by atoms with van der Waals surface area (Å²) in [6, 6.07) is 18.3. The van der Waals surface area contributed by atoms with Crippen molar-refractivity contribution in [3.05, 3.63) is 77.4 Å². The Morgan fingerprint density at radius 3 is 2.62 bits per heavy atom. The first-order valence-electron chi connectivity index (χ1n) is 8.64. The molecule has 2 aliphatic heterocycles. The van der Waals surface area contributed by atoms with Gasteiger partial charge in [0.2, 0.25) is 0 Å². The monoisotopic (exact) mass is 355 g/mol. The van der Waals surface area contributed by atoms with E-state index < -0.39 is 11.7 Å². The van der Waals surface area contributed by atoms with Crippen molar-refractivity contribution < 1.29 is 18.0 Å².